The van der Waals surface area contributed by atoms with Gasteiger partial charge in [0, 0.05) is 6.54 Å². The quantitative estimate of drug-likeness (QED) is 0.791. The Kier molecular flexibility index (Phi) is 3.78. The second-order valence-corrected chi connectivity index (χ2v) is 6.40. The third-order valence-electron chi connectivity index (χ3n) is 4.15. The molecule has 0 spiro atoms. The minimum absolute atomic E-state index is 0.0292. The number of hydrogen-bond donors (Lipinski definition) is 1. The van der Waals surface area contributed by atoms with E-state index in [-0.39, 0.29) is 11.9 Å². The first-order chi connectivity index (χ1) is 11.8. The summed E-state index contributed by atoms with van der Waals surface area (Å²) in [5.74, 6) is 1.44. The summed E-state index contributed by atoms with van der Waals surface area (Å²) in [6, 6.07) is 9.24. The van der Waals surface area contributed by atoms with Crippen molar-refractivity contribution in [3.05, 3.63) is 42.0 Å². The first-order valence-corrected chi connectivity index (χ1v) is 8.55. The molecule has 1 aromatic carbocycles. The number of carbonyl (C=O) groups is 1. The highest BCUT2D eigenvalue weighted by atomic mass is 32.1. The maximum absolute atomic E-state index is 12.8. The van der Waals surface area contributed by atoms with Crippen molar-refractivity contribution in [1.82, 2.24) is 9.97 Å². The zero-order valence-electron chi connectivity index (χ0n) is 13.1. The third-order valence-corrected chi connectivity index (χ3v) is 4.97. The lowest BCUT2D eigenvalue weighted by Gasteiger charge is -2.20. The Bertz CT molecular complexity index is 895. The summed E-state index contributed by atoms with van der Waals surface area (Å²) in [4.78, 5) is 24.0. The SMILES string of the molecule is COc1ccccc1N1CCC(Nc2ncnc3sccc23)C1=O. The van der Waals surface area contributed by atoms with Crippen LogP contribution in [0.1, 0.15) is 6.42 Å². The van der Waals surface area contributed by atoms with Gasteiger partial charge in [-0.2, -0.15) is 0 Å². The van der Waals surface area contributed by atoms with E-state index in [2.05, 4.69) is 15.3 Å². The number of thiophene rings is 1. The second-order valence-electron chi connectivity index (χ2n) is 5.51. The van der Waals surface area contributed by atoms with E-state index in [0.717, 1.165) is 15.9 Å². The summed E-state index contributed by atoms with van der Waals surface area (Å²) >= 11 is 1.56. The van der Waals surface area contributed by atoms with Gasteiger partial charge in [-0.1, -0.05) is 12.1 Å². The first-order valence-electron chi connectivity index (χ1n) is 7.67. The minimum atomic E-state index is -0.298. The van der Waals surface area contributed by atoms with Gasteiger partial charge in [-0.15, -0.1) is 11.3 Å². The van der Waals surface area contributed by atoms with Crippen LogP contribution in [-0.4, -0.2) is 35.6 Å². The topological polar surface area (TPSA) is 67.3 Å². The van der Waals surface area contributed by atoms with Crippen molar-refractivity contribution in [2.24, 2.45) is 0 Å². The molecule has 1 fully saturated rings. The number of fused-ring (bicyclic) bond motifs is 1. The number of rotatable bonds is 4. The molecular formula is C17H16N4O2S. The number of anilines is 2. The number of hydrogen-bond acceptors (Lipinski definition) is 6. The van der Waals surface area contributed by atoms with Crippen molar-refractivity contribution in [1.29, 1.82) is 0 Å². The molecule has 1 N–H and O–H groups in total. The molecule has 1 amide bonds. The Morgan fingerprint density at radius 1 is 1.29 bits per heavy atom. The van der Waals surface area contributed by atoms with Crippen LogP contribution in [0.15, 0.2) is 42.0 Å². The summed E-state index contributed by atoms with van der Waals surface area (Å²) < 4.78 is 5.37. The van der Waals surface area contributed by atoms with Gasteiger partial charge in [-0.3, -0.25) is 4.79 Å². The summed E-state index contributed by atoms with van der Waals surface area (Å²) in [5.41, 5.74) is 0.803. The van der Waals surface area contributed by atoms with E-state index >= 15 is 0 Å². The summed E-state index contributed by atoms with van der Waals surface area (Å²) in [5, 5.41) is 6.20. The van der Waals surface area contributed by atoms with Gasteiger partial charge in [-0.05, 0) is 30.0 Å². The number of ether oxygens (including phenoxy) is 1. The fourth-order valence-corrected chi connectivity index (χ4v) is 3.71. The molecule has 1 aliphatic rings. The minimum Gasteiger partial charge on any atom is -0.495 e. The van der Waals surface area contributed by atoms with E-state index in [9.17, 15) is 4.79 Å². The molecule has 7 heteroatoms. The monoisotopic (exact) mass is 340 g/mol. The summed E-state index contributed by atoms with van der Waals surface area (Å²) in [7, 11) is 1.61. The maximum Gasteiger partial charge on any atom is 0.249 e. The molecule has 122 valence electrons. The number of nitrogens with one attached hydrogen (secondary N) is 1. The lowest BCUT2D eigenvalue weighted by molar-refractivity contribution is -0.117. The fraction of sp³-hybridized carbons (Fsp3) is 0.235. The van der Waals surface area contributed by atoms with Gasteiger partial charge < -0.3 is 15.0 Å². The number of nitrogens with zero attached hydrogens (tertiary/aromatic N) is 3. The van der Waals surface area contributed by atoms with E-state index < -0.39 is 0 Å². The summed E-state index contributed by atoms with van der Waals surface area (Å²) in [6.45, 7) is 0.648. The number of methoxy groups -OCH3 is 1. The fourth-order valence-electron chi connectivity index (χ4n) is 2.98. The number of benzene rings is 1. The Labute approximate surface area is 143 Å². The molecule has 3 aromatic rings. The highest BCUT2D eigenvalue weighted by Gasteiger charge is 2.34. The molecule has 0 bridgehead atoms. The van der Waals surface area contributed by atoms with E-state index in [1.165, 1.54) is 6.33 Å². The lowest BCUT2D eigenvalue weighted by Crippen LogP contribution is -2.33. The zero-order valence-corrected chi connectivity index (χ0v) is 13.9. The first kappa shape index (κ1) is 14.9. The molecule has 6 nitrogen and oxygen atoms in total. The van der Waals surface area contributed by atoms with Crippen LogP contribution in [0.5, 0.6) is 5.75 Å². The molecule has 1 unspecified atom stereocenters. The van der Waals surface area contributed by atoms with Crippen LogP contribution < -0.4 is 15.0 Å². The van der Waals surface area contributed by atoms with Crippen molar-refractivity contribution in [2.45, 2.75) is 12.5 Å². The average Bonchev–Trinajstić information content (AvgIpc) is 3.23. The van der Waals surface area contributed by atoms with Crippen LogP contribution >= 0.6 is 11.3 Å². The molecule has 3 heterocycles. The molecule has 0 radical (unpaired) electrons. The molecule has 24 heavy (non-hydrogen) atoms. The Morgan fingerprint density at radius 3 is 3.04 bits per heavy atom. The van der Waals surface area contributed by atoms with Crippen molar-refractivity contribution < 1.29 is 9.53 Å². The zero-order chi connectivity index (χ0) is 16.5. The largest absolute Gasteiger partial charge is 0.495 e. The predicted molar refractivity (Wildman–Crippen MR) is 94.8 cm³/mol. The van der Waals surface area contributed by atoms with Gasteiger partial charge in [0.1, 0.15) is 28.8 Å². The van der Waals surface area contributed by atoms with Crippen LogP contribution in [0.3, 0.4) is 0 Å². The van der Waals surface area contributed by atoms with Crippen LogP contribution in [0.25, 0.3) is 10.2 Å². The molecule has 0 aliphatic carbocycles. The molecule has 0 saturated carbocycles. The predicted octanol–water partition coefficient (Wildman–Crippen LogP) is 2.92. The van der Waals surface area contributed by atoms with Crippen molar-refractivity contribution in [3.63, 3.8) is 0 Å². The van der Waals surface area contributed by atoms with E-state index in [4.69, 9.17) is 4.74 Å². The molecule has 4 rings (SSSR count). The number of aromatic nitrogens is 2. The van der Waals surface area contributed by atoms with Gasteiger partial charge in [0.25, 0.3) is 0 Å². The highest BCUT2D eigenvalue weighted by molar-refractivity contribution is 7.16. The summed E-state index contributed by atoms with van der Waals surface area (Å²) in [6.07, 6.45) is 2.24. The van der Waals surface area contributed by atoms with Crippen molar-refractivity contribution in [3.8, 4) is 5.75 Å². The van der Waals surface area contributed by atoms with E-state index in [1.807, 2.05) is 35.7 Å². The second kappa shape index (κ2) is 6.09. The molecular weight excluding hydrogens is 324 g/mol. The van der Waals surface area contributed by atoms with E-state index in [1.54, 1.807) is 23.3 Å². The smallest absolute Gasteiger partial charge is 0.249 e. The van der Waals surface area contributed by atoms with Crippen LogP contribution in [0, 0.1) is 0 Å². The van der Waals surface area contributed by atoms with Gasteiger partial charge in [0.15, 0.2) is 0 Å². The Balaban J connectivity index is 1.59. The third kappa shape index (κ3) is 2.46. The van der Waals surface area contributed by atoms with Crippen LogP contribution in [0.2, 0.25) is 0 Å². The van der Waals surface area contributed by atoms with Crippen molar-refractivity contribution in [2.75, 3.05) is 23.9 Å². The number of carbonyl (C=O) groups excluding carboxylic acids is 1. The Hall–Kier alpha value is -2.67. The molecule has 1 saturated heterocycles. The maximum atomic E-state index is 12.8. The normalized spacial score (nSPS) is 17.5. The highest BCUT2D eigenvalue weighted by Crippen LogP contribution is 2.32. The van der Waals surface area contributed by atoms with Gasteiger partial charge in [0.2, 0.25) is 5.91 Å². The van der Waals surface area contributed by atoms with Gasteiger partial charge >= 0.3 is 0 Å². The van der Waals surface area contributed by atoms with Crippen LogP contribution in [0.4, 0.5) is 11.5 Å². The van der Waals surface area contributed by atoms with Crippen LogP contribution in [-0.2, 0) is 4.79 Å². The van der Waals surface area contributed by atoms with Gasteiger partial charge in [0.05, 0.1) is 18.2 Å². The van der Waals surface area contributed by atoms with Crippen molar-refractivity contribution >= 4 is 39.0 Å². The molecule has 2 aromatic heterocycles. The Morgan fingerprint density at radius 2 is 2.17 bits per heavy atom. The number of amides is 1. The average molecular weight is 340 g/mol. The molecule has 1 atom stereocenters. The standard InChI is InChI=1S/C17H16N4O2S/c1-23-14-5-3-2-4-13(14)21-8-6-12(17(21)22)20-15-11-7-9-24-16(11)19-10-18-15/h2-5,7,9-10,12H,6,8H2,1H3,(H,18,19,20). The van der Waals surface area contributed by atoms with Gasteiger partial charge in [-0.25, -0.2) is 9.97 Å². The number of para-hydroxylation sites is 2. The lowest BCUT2D eigenvalue weighted by atomic mass is 10.2. The van der Waals surface area contributed by atoms with E-state index in [0.29, 0.717) is 24.5 Å². The molecule has 1 aliphatic heterocycles.